The second kappa shape index (κ2) is 10.4. The number of rotatable bonds is 8. The molecule has 0 radical (unpaired) electrons. The number of carbonyl (C=O) groups is 2. The van der Waals surface area contributed by atoms with Crippen molar-refractivity contribution in [2.45, 2.75) is 11.8 Å². The number of nitrogens with one attached hydrogen (secondary N) is 1. The molecule has 2 amide bonds. The topological polar surface area (TPSA) is 58.6 Å². The van der Waals surface area contributed by atoms with Crippen LogP contribution in [0, 0.1) is 0 Å². The van der Waals surface area contributed by atoms with Crippen molar-refractivity contribution >= 4 is 35.3 Å². The predicted octanol–water partition coefficient (Wildman–Crippen LogP) is 3.92. The van der Waals surface area contributed by atoms with E-state index in [0.717, 1.165) is 5.56 Å². The van der Waals surface area contributed by atoms with Gasteiger partial charge in [-0.1, -0.05) is 18.2 Å². The van der Waals surface area contributed by atoms with Crippen LogP contribution in [-0.4, -0.2) is 43.2 Å². The fourth-order valence-electron chi connectivity index (χ4n) is 2.41. The van der Waals surface area contributed by atoms with E-state index in [1.54, 1.807) is 49.2 Å². The third-order valence-electron chi connectivity index (χ3n) is 3.92. The Morgan fingerprint density at radius 1 is 1.19 bits per heavy atom. The Balaban J connectivity index is 1.94. The van der Waals surface area contributed by atoms with E-state index >= 15 is 0 Å². The van der Waals surface area contributed by atoms with Gasteiger partial charge in [0.05, 0.1) is 7.11 Å². The molecule has 0 spiro atoms. The molecule has 0 heterocycles. The Kier molecular flexibility index (Phi) is 7.95. The molecule has 5 nitrogen and oxygen atoms in total. The van der Waals surface area contributed by atoms with Crippen LogP contribution in [0.1, 0.15) is 12.5 Å². The first-order valence-electron chi connectivity index (χ1n) is 8.60. The number of amides is 2. The molecule has 0 aliphatic rings. The average Bonchev–Trinajstić information content (AvgIpc) is 2.70. The minimum absolute atomic E-state index is 0.0116. The Morgan fingerprint density at radius 2 is 1.93 bits per heavy atom. The summed E-state index contributed by atoms with van der Waals surface area (Å²) in [5, 5.41) is 2.78. The molecule has 2 rings (SSSR count). The first-order valence-corrected chi connectivity index (χ1v) is 9.83. The molecule has 0 bridgehead atoms. The van der Waals surface area contributed by atoms with Gasteiger partial charge < -0.3 is 15.0 Å². The third-order valence-corrected chi connectivity index (χ3v) is 4.66. The highest BCUT2D eigenvalue weighted by atomic mass is 32.2. The maximum absolute atomic E-state index is 12.4. The molecule has 0 aliphatic carbocycles. The molecule has 2 aromatic rings. The normalized spacial score (nSPS) is 10.6. The molecule has 0 aromatic heterocycles. The first-order chi connectivity index (χ1) is 13.0. The van der Waals surface area contributed by atoms with E-state index in [1.807, 2.05) is 37.4 Å². The molecular formula is C21H24N2O3S. The van der Waals surface area contributed by atoms with Gasteiger partial charge in [-0.3, -0.25) is 9.59 Å². The number of ether oxygens (including phenoxy) is 1. The van der Waals surface area contributed by atoms with E-state index in [4.69, 9.17) is 4.74 Å². The van der Waals surface area contributed by atoms with Crippen molar-refractivity contribution in [3.63, 3.8) is 0 Å². The van der Waals surface area contributed by atoms with Gasteiger partial charge in [0.1, 0.15) is 12.3 Å². The van der Waals surface area contributed by atoms with Crippen molar-refractivity contribution in [3.8, 4) is 5.75 Å². The molecule has 0 atom stereocenters. The van der Waals surface area contributed by atoms with Crippen LogP contribution in [-0.2, 0) is 9.59 Å². The number of carbonyl (C=O) groups excluding carboxylic acids is 2. The lowest BCUT2D eigenvalue weighted by molar-refractivity contribution is -0.130. The van der Waals surface area contributed by atoms with Crippen LogP contribution in [0.15, 0.2) is 59.5 Å². The number of benzene rings is 2. The van der Waals surface area contributed by atoms with Crippen molar-refractivity contribution in [2.75, 3.05) is 31.8 Å². The summed E-state index contributed by atoms with van der Waals surface area (Å²) in [6, 6.07) is 15.0. The molecule has 1 N–H and O–H groups in total. The first kappa shape index (κ1) is 20.6. The van der Waals surface area contributed by atoms with Crippen molar-refractivity contribution in [3.05, 3.63) is 60.2 Å². The van der Waals surface area contributed by atoms with Crippen LogP contribution < -0.4 is 10.1 Å². The summed E-state index contributed by atoms with van der Waals surface area (Å²) in [5.74, 6) is 0.204. The van der Waals surface area contributed by atoms with E-state index in [-0.39, 0.29) is 18.4 Å². The van der Waals surface area contributed by atoms with Gasteiger partial charge in [-0.15, -0.1) is 11.8 Å². The second-order valence-electron chi connectivity index (χ2n) is 5.74. The molecule has 0 fully saturated rings. The highest BCUT2D eigenvalue weighted by molar-refractivity contribution is 7.98. The predicted molar refractivity (Wildman–Crippen MR) is 111 cm³/mol. The van der Waals surface area contributed by atoms with Crippen molar-refractivity contribution in [2.24, 2.45) is 0 Å². The quantitative estimate of drug-likeness (QED) is 0.554. The standard InChI is InChI=1S/C21H24N2O3S/c1-4-23(15-20(24)22-17-6-5-7-18(14-17)26-2)21(25)13-10-16-8-11-19(27-3)12-9-16/h5-14H,4,15H2,1-3H3,(H,22,24)/b13-10+. The maximum Gasteiger partial charge on any atom is 0.247 e. The van der Waals surface area contributed by atoms with Gasteiger partial charge in [0, 0.05) is 29.3 Å². The lowest BCUT2D eigenvalue weighted by Crippen LogP contribution is -2.36. The number of methoxy groups -OCH3 is 1. The molecule has 142 valence electrons. The number of hydrogen-bond acceptors (Lipinski definition) is 4. The number of thioether (sulfide) groups is 1. The Hall–Kier alpha value is -2.73. The van der Waals surface area contributed by atoms with Crippen LogP contribution in [0.2, 0.25) is 0 Å². The number of nitrogens with zero attached hydrogens (tertiary/aromatic N) is 1. The molecule has 0 aliphatic heterocycles. The summed E-state index contributed by atoms with van der Waals surface area (Å²) >= 11 is 1.67. The van der Waals surface area contributed by atoms with Crippen LogP contribution in [0.25, 0.3) is 6.08 Å². The van der Waals surface area contributed by atoms with Gasteiger partial charge in [0.15, 0.2) is 0 Å². The van der Waals surface area contributed by atoms with E-state index in [2.05, 4.69) is 5.32 Å². The minimum Gasteiger partial charge on any atom is -0.497 e. The van der Waals surface area contributed by atoms with E-state index in [0.29, 0.717) is 18.0 Å². The number of anilines is 1. The fraction of sp³-hybridized carbons (Fsp3) is 0.238. The lowest BCUT2D eigenvalue weighted by atomic mass is 10.2. The summed E-state index contributed by atoms with van der Waals surface area (Å²) < 4.78 is 5.14. The summed E-state index contributed by atoms with van der Waals surface area (Å²) in [4.78, 5) is 27.3. The largest absolute Gasteiger partial charge is 0.497 e. The van der Waals surface area contributed by atoms with Crippen molar-refractivity contribution in [1.29, 1.82) is 0 Å². The van der Waals surface area contributed by atoms with Crippen LogP contribution in [0.4, 0.5) is 5.69 Å². The van der Waals surface area contributed by atoms with Gasteiger partial charge in [0.25, 0.3) is 0 Å². The van der Waals surface area contributed by atoms with Gasteiger partial charge >= 0.3 is 0 Å². The molecule has 2 aromatic carbocycles. The highest BCUT2D eigenvalue weighted by Gasteiger charge is 2.13. The van der Waals surface area contributed by atoms with Gasteiger partial charge in [-0.25, -0.2) is 0 Å². The van der Waals surface area contributed by atoms with E-state index in [1.165, 1.54) is 15.9 Å². The SMILES string of the molecule is CCN(CC(=O)Nc1cccc(OC)c1)C(=O)/C=C/c1ccc(SC)cc1. The van der Waals surface area contributed by atoms with Crippen molar-refractivity contribution < 1.29 is 14.3 Å². The zero-order chi connectivity index (χ0) is 19.6. The number of likely N-dealkylation sites (N-methyl/N-ethyl adjacent to an activating group) is 1. The Bertz CT molecular complexity index is 803. The smallest absolute Gasteiger partial charge is 0.247 e. The molecular weight excluding hydrogens is 360 g/mol. The Labute approximate surface area is 164 Å². The Morgan fingerprint density at radius 3 is 2.56 bits per heavy atom. The van der Waals surface area contributed by atoms with Gasteiger partial charge in [-0.05, 0) is 49.1 Å². The highest BCUT2D eigenvalue weighted by Crippen LogP contribution is 2.17. The van der Waals surface area contributed by atoms with Crippen LogP contribution in [0.3, 0.4) is 0 Å². The zero-order valence-corrected chi connectivity index (χ0v) is 16.6. The summed E-state index contributed by atoms with van der Waals surface area (Å²) in [6.45, 7) is 2.28. The summed E-state index contributed by atoms with van der Waals surface area (Å²) in [7, 11) is 1.57. The molecule has 0 saturated carbocycles. The van der Waals surface area contributed by atoms with Crippen LogP contribution >= 0.6 is 11.8 Å². The monoisotopic (exact) mass is 384 g/mol. The van der Waals surface area contributed by atoms with Gasteiger partial charge in [0.2, 0.25) is 11.8 Å². The van der Waals surface area contributed by atoms with Crippen LogP contribution in [0.5, 0.6) is 5.75 Å². The third kappa shape index (κ3) is 6.49. The van der Waals surface area contributed by atoms with E-state index in [9.17, 15) is 9.59 Å². The van der Waals surface area contributed by atoms with Gasteiger partial charge in [-0.2, -0.15) is 0 Å². The van der Waals surface area contributed by atoms with E-state index < -0.39 is 0 Å². The molecule has 27 heavy (non-hydrogen) atoms. The summed E-state index contributed by atoms with van der Waals surface area (Å²) in [6.07, 6.45) is 5.27. The molecule has 6 heteroatoms. The maximum atomic E-state index is 12.4. The summed E-state index contributed by atoms with van der Waals surface area (Å²) in [5.41, 5.74) is 1.57. The lowest BCUT2D eigenvalue weighted by Gasteiger charge is -2.18. The number of hydrogen-bond donors (Lipinski definition) is 1. The molecule has 0 saturated heterocycles. The fourth-order valence-corrected chi connectivity index (χ4v) is 2.82. The molecule has 0 unspecified atom stereocenters. The van der Waals surface area contributed by atoms with Crippen molar-refractivity contribution in [1.82, 2.24) is 4.90 Å². The second-order valence-corrected chi connectivity index (χ2v) is 6.62. The zero-order valence-electron chi connectivity index (χ0n) is 15.8. The minimum atomic E-state index is -0.254. The average molecular weight is 385 g/mol.